The fourth-order valence-electron chi connectivity index (χ4n) is 1.98. The SMILES string of the molecule is CCCCN(CCC(C)NCC)C(C)CC. The maximum atomic E-state index is 3.49. The molecular weight excluding hydrogens is 196 g/mol. The minimum Gasteiger partial charge on any atom is -0.314 e. The minimum absolute atomic E-state index is 0.651. The highest BCUT2D eigenvalue weighted by molar-refractivity contribution is 4.69. The van der Waals surface area contributed by atoms with Gasteiger partial charge in [0.25, 0.3) is 0 Å². The lowest BCUT2D eigenvalue weighted by molar-refractivity contribution is 0.192. The quantitative estimate of drug-likeness (QED) is 0.617. The van der Waals surface area contributed by atoms with E-state index in [-0.39, 0.29) is 0 Å². The van der Waals surface area contributed by atoms with Crippen LogP contribution in [0.5, 0.6) is 0 Å². The molecule has 0 radical (unpaired) electrons. The second kappa shape index (κ2) is 10.1. The van der Waals surface area contributed by atoms with Crippen molar-refractivity contribution in [3.05, 3.63) is 0 Å². The van der Waals surface area contributed by atoms with Crippen LogP contribution in [0, 0.1) is 0 Å². The fourth-order valence-corrected chi connectivity index (χ4v) is 1.98. The maximum Gasteiger partial charge on any atom is 0.00643 e. The topological polar surface area (TPSA) is 15.3 Å². The Morgan fingerprint density at radius 3 is 2.25 bits per heavy atom. The largest absolute Gasteiger partial charge is 0.314 e. The second-order valence-corrected chi connectivity index (χ2v) is 4.89. The standard InChI is InChI=1S/C14H32N2/c1-6-9-11-16(14(5)7-2)12-10-13(4)15-8-3/h13-15H,6-12H2,1-5H3. The zero-order valence-electron chi connectivity index (χ0n) is 12.1. The van der Waals surface area contributed by atoms with Gasteiger partial charge in [0.2, 0.25) is 0 Å². The molecule has 2 unspecified atom stereocenters. The third-order valence-electron chi connectivity index (χ3n) is 3.41. The summed E-state index contributed by atoms with van der Waals surface area (Å²) in [5, 5.41) is 3.49. The predicted molar refractivity (Wildman–Crippen MR) is 74.0 cm³/mol. The van der Waals surface area contributed by atoms with E-state index in [9.17, 15) is 0 Å². The Morgan fingerprint density at radius 2 is 1.75 bits per heavy atom. The molecule has 1 N–H and O–H groups in total. The van der Waals surface area contributed by atoms with Crippen molar-refractivity contribution in [2.75, 3.05) is 19.6 Å². The minimum atomic E-state index is 0.651. The van der Waals surface area contributed by atoms with Crippen molar-refractivity contribution in [1.82, 2.24) is 10.2 Å². The van der Waals surface area contributed by atoms with Gasteiger partial charge in [-0.2, -0.15) is 0 Å². The highest BCUT2D eigenvalue weighted by Gasteiger charge is 2.12. The first-order chi connectivity index (χ1) is 7.65. The molecule has 0 aromatic carbocycles. The Labute approximate surface area is 103 Å². The smallest absolute Gasteiger partial charge is 0.00643 e. The Kier molecular flexibility index (Phi) is 10.0. The normalized spacial score (nSPS) is 15.4. The third-order valence-corrected chi connectivity index (χ3v) is 3.41. The van der Waals surface area contributed by atoms with Gasteiger partial charge in [0.15, 0.2) is 0 Å². The van der Waals surface area contributed by atoms with E-state index in [4.69, 9.17) is 0 Å². The van der Waals surface area contributed by atoms with E-state index in [1.54, 1.807) is 0 Å². The van der Waals surface area contributed by atoms with Crippen LogP contribution in [0.4, 0.5) is 0 Å². The predicted octanol–water partition coefficient (Wildman–Crippen LogP) is 3.28. The van der Waals surface area contributed by atoms with Crippen LogP contribution in [0.2, 0.25) is 0 Å². The maximum absolute atomic E-state index is 3.49. The van der Waals surface area contributed by atoms with Gasteiger partial charge in [-0.05, 0) is 52.7 Å². The van der Waals surface area contributed by atoms with Gasteiger partial charge in [0.1, 0.15) is 0 Å². The molecule has 0 heterocycles. The summed E-state index contributed by atoms with van der Waals surface area (Å²) in [7, 11) is 0. The van der Waals surface area contributed by atoms with E-state index in [0.29, 0.717) is 6.04 Å². The van der Waals surface area contributed by atoms with Crippen LogP contribution in [-0.2, 0) is 0 Å². The van der Waals surface area contributed by atoms with Crippen LogP contribution >= 0.6 is 0 Å². The summed E-state index contributed by atoms with van der Waals surface area (Å²) in [6.45, 7) is 15.0. The van der Waals surface area contributed by atoms with E-state index in [0.717, 1.165) is 12.6 Å². The fraction of sp³-hybridized carbons (Fsp3) is 1.00. The summed E-state index contributed by atoms with van der Waals surface area (Å²) in [5.74, 6) is 0. The van der Waals surface area contributed by atoms with Crippen LogP contribution < -0.4 is 5.32 Å². The van der Waals surface area contributed by atoms with E-state index >= 15 is 0 Å². The molecule has 0 aliphatic carbocycles. The van der Waals surface area contributed by atoms with E-state index in [1.165, 1.54) is 38.8 Å². The molecule has 2 atom stereocenters. The third kappa shape index (κ3) is 7.24. The van der Waals surface area contributed by atoms with Gasteiger partial charge in [-0.3, -0.25) is 0 Å². The average Bonchev–Trinajstić information content (AvgIpc) is 2.28. The van der Waals surface area contributed by atoms with E-state index in [2.05, 4.69) is 44.8 Å². The molecule has 0 fully saturated rings. The summed E-state index contributed by atoms with van der Waals surface area (Å²) in [6.07, 6.45) is 5.16. The van der Waals surface area contributed by atoms with E-state index in [1.807, 2.05) is 0 Å². The van der Waals surface area contributed by atoms with Gasteiger partial charge in [-0.1, -0.05) is 27.2 Å². The monoisotopic (exact) mass is 228 g/mol. The first-order valence-electron chi connectivity index (χ1n) is 7.13. The molecule has 16 heavy (non-hydrogen) atoms. The molecule has 0 aliphatic rings. The molecule has 0 amide bonds. The summed E-state index contributed by atoms with van der Waals surface area (Å²) in [6, 6.07) is 1.39. The van der Waals surface area contributed by atoms with Crippen LogP contribution in [0.1, 0.15) is 60.3 Å². The van der Waals surface area contributed by atoms with Crippen molar-refractivity contribution < 1.29 is 0 Å². The van der Waals surface area contributed by atoms with Crippen molar-refractivity contribution in [2.24, 2.45) is 0 Å². The van der Waals surface area contributed by atoms with Gasteiger partial charge in [-0.15, -0.1) is 0 Å². The highest BCUT2D eigenvalue weighted by Crippen LogP contribution is 2.07. The van der Waals surface area contributed by atoms with Gasteiger partial charge in [0, 0.05) is 12.1 Å². The molecule has 0 saturated heterocycles. The Hall–Kier alpha value is -0.0800. The number of hydrogen-bond acceptors (Lipinski definition) is 2. The Morgan fingerprint density at radius 1 is 1.06 bits per heavy atom. The van der Waals surface area contributed by atoms with Crippen LogP contribution in [0.25, 0.3) is 0 Å². The number of nitrogens with one attached hydrogen (secondary N) is 1. The summed E-state index contributed by atoms with van der Waals surface area (Å²) in [5.41, 5.74) is 0. The lowest BCUT2D eigenvalue weighted by atomic mass is 10.1. The Bertz CT molecular complexity index is 148. The molecular formula is C14H32N2. The number of hydrogen-bond donors (Lipinski definition) is 1. The average molecular weight is 228 g/mol. The zero-order chi connectivity index (χ0) is 12.4. The molecule has 0 spiro atoms. The molecule has 98 valence electrons. The van der Waals surface area contributed by atoms with Crippen molar-refractivity contribution in [3.63, 3.8) is 0 Å². The zero-order valence-corrected chi connectivity index (χ0v) is 12.1. The molecule has 0 aromatic rings. The van der Waals surface area contributed by atoms with Crippen molar-refractivity contribution in [3.8, 4) is 0 Å². The van der Waals surface area contributed by atoms with Gasteiger partial charge in [-0.25, -0.2) is 0 Å². The number of rotatable bonds is 10. The van der Waals surface area contributed by atoms with Gasteiger partial charge in [0.05, 0.1) is 0 Å². The van der Waals surface area contributed by atoms with Crippen molar-refractivity contribution >= 4 is 0 Å². The molecule has 0 rings (SSSR count). The molecule has 0 aliphatic heterocycles. The summed E-state index contributed by atoms with van der Waals surface area (Å²) in [4.78, 5) is 2.65. The molecule has 2 nitrogen and oxygen atoms in total. The second-order valence-electron chi connectivity index (χ2n) is 4.89. The molecule has 0 saturated carbocycles. The lowest BCUT2D eigenvalue weighted by Gasteiger charge is -2.29. The van der Waals surface area contributed by atoms with Crippen LogP contribution in [0.3, 0.4) is 0 Å². The van der Waals surface area contributed by atoms with E-state index < -0.39 is 0 Å². The summed E-state index contributed by atoms with van der Waals surface area (Å²) < 4.78 is 0. The molecule has 0 aromatic heterocycles. The van der Waals surface area contributed by atoms with Crippen molar-refractivity contribution in [2.45, 2.75) is 72.4 Å². The first-order valence-corrected chi connectivity index (χ1v) is 7.13. The first kappa shape index (κ1) is 15.9. The lowest BCUT2D eigenvalue weighted by Crippen LogP contribution is -2.37. The van der Waals surface area contributed by atoms with Crippen molar-refractivity contribution in [1.29, 1.82) is 0 Å². The molecule has 0 bridgehead atoms. The van der Waals surface area contributed by atoms with Gasteiger partial charge < -0.3 is 10.2 Å². The number of unbranched alkanes of at least 4 members (excludes halogenated alkanes) is 1. The number of nitrogens with zero attached hydrogens (tertiary/aromatic N) is 1. The van der Waals surface area contributed by atoms with Crippen LogP contribution in [0.15, 0.2) is 0 Å². The van der Waals surface area contributed by atoms with Gasteiger partial charge >= 0.3 is 0 Å². The highest BCUT2D eigenvalue weighted by atomic mass is 15.1. The van der Waals surface area contributed by atoms with Crippen LogP contribution in [-0.4, -0.2) is 36.6 Å². The summed E-state index contributed by atoms with van der Waals surface area (Å²) >= 11 is 0. The molecule has 2 heteroatoms. The Balaban J connectivity index is 3.90.